The molecule has 4 nitrogen and oxygen atoms in total. The van der Waals surface area contributed by atoms with Gasteiger partial charge in [-0.05, 0) is 50.0 Å². The van der Waals surface area contributed by atoms with Crippen LogP contribution < -0.4 is 10.6 Å². The molecule has 1 aromatic rings. The summed E-state index contributed by atoms with van der Waals surface area (Å²) in [6.45, 7) is 3.24. The molecule has 0 aromatic carbocycles. The zero-order valence-corrected chi connectivity index (χ0v) is 13.2. The minimum absolute atomic E-state index is 0.220. The van der Waals surface area contributed by atoms with E-state index in [1.165, 1.54) is 38.5 Å². The highest BCUT2D eigenvalue weighted by atomic mass is 15.3. The first-order chi connectivity index (χ1) is 10.3. The van der Waals surface area contributed by atoms with Gasteiger partial charge in [0.2, 0.25) is 5.95 Å². The van der Waals surface area contributed by atoms with Gasteiger partial charge in [-0.15, -0.1) is 0 Å². The fraction of sp³-hybridized carbons (Fsp3) is 0.765. The van der Waals surface area contributed by atoms with Gasteiger partial charge in [0.25, 0.3) is 0 Å². The molecular formula is C17H28N4. The van der Waals surface area contributed by atoms with Gasteiger partial charge in [-0.1, -0.05) is 19.8 Å². The predicted octanol–water partition coefficient (Wildman–Crippen LogP) is 2.92. The Balaban J connectivity index is 1.67. The summed E-state index contributed by atoms with van der Waals surface area (Å²) in [5.74, 6) is 1.79. The highest BCUT2D eigenvalue weighted by Gasteiger charge is 2.34. The molecule has 2 N–H and O–H groups in total. The number of nitrogens with zero attached hydrogens (tertiary/aromatic N) is 3. The molecule has 0 amide bonds. The fourth-order valence-electron chi connectivity index (χ4n) is 3.92. The molecule has 0 spiro atoms. The third-order valence-electron chi connectivity index (χ3n) is 5.21. The molecule has 2 heterocycles. The van der Waals surface area contributed by atoms with E-state index < -0.39 is 0 Å². The van der Waals surface area contributed by atoms with Crippen LogP contribution in [0.5, 0.6) is 0 Å². The van der Waals surface area contributed by atoms with Crippen LogP contribution in [0.15, 0.2) is 12.4 Å². The number of anilines is 1. The van der Waals surface area contributed by atoms with Gasteiger partial charge in [-0.2, -0.15) is 0 Å². The number of nitrogens with two attached hydrogens (primary N) is 1. The van der Waals surface area contributed by atoms with Crippen LogP contribution in [0.3, 0.4) is 0 Å². The van der Waals surface area contributed by atoms with Crippen LogP contribution in [0.25, 0.3) is 0 Å². The van der Waals surface area contributed by atoms with Gasteiger partial charge in [0.05, 0.1) is 0 Å². The average molecular weight is 288 g/mol. The summed E-state index contributed by atoms with van der Waals surface area (Å²) >= 11 is 0. The largest absolute Gasteiger partial charge is 0.338 e. The van der Waals surface area contributed by atoms with Gasteiger partial charge >= 0.3 is 0 Å². The Bertz CT molecular complexity index is 439. The molecular weight excluding hydrogens is 260 g/mol. The third-order valence-corrected chi connectivity index (χ3v) is 5.21. The van der Waals surface area contributed by atoms with E-state index in [1.807, 2.05) is 12.4 Å². The molecule has 1 saturated carbocycles. The molecule has 21 heavy (non-hydrogen) atoms. The minimum atomic E-state index is 0.220. The molecule has 0 bridgehead atoms. The first-order valence-electron chi connectivity index (χ1n) is 8.61. The second-order valence-corrected chi connectivity index (χ2v) is 6.71. The number of rotatable bonds is 5. The van der Waals surface area contributed by atoms with Crippen molar-refractivity contribution in [2.75, 3.05) is 11.4 Å². The van der Waals surface area contributed by atoms with E-state index in [2.05, 4.69) is 21.8 Å². The van der Waals surface area contributed by atoms with Crippen molar-refractivity contribution in [2.24, 2.45) is 11.7 Å². The van der Waals surface area contributed by atoms with E-state index >= 15 is 0 Å². The molecule has 2 fully saturated rings. The van der Waals surface area contributed by atoms with E-state index in [-0.39, 0.29) is 6.04 Å². The van der Waals surface area contributed by atoms with E-state index in [1.54, 1.807) is 0 Å². The number of hydrogen-bond acceptors (Lipinski definition) is 4. The summed E-state index contributed by atoms with van der Waals surface area (Å²) in [6.07, 6.45) is 14.0. The maximum absolute atomic E-state index is 6.00. The molecule has 1 aliphatic heterocycles. The van der Waals surface area contributed by atoms with Crippen LogP contribution in [0, 0.1) is 5.92 Å². The standard InChI is InChI=1S/C17H28N4/c1-2-15(18)10-13-11-19-17(20-12-13)21-9-5-8-16(21)14-6-3-4-7-14/h11-12,14-16H,2-10,18H2,1H3. The van der Waals surface area contributed by atoms with E-state index in [0.717, 1.165) is 36.8 Å². The minimum Gasteiger partial charge on any atom is -0.338 e. The molecule has 0 radical (unpaired) electrons. The summed E-state index contributed by atoms with van der Waals surface area (Å²) in [7, 11) is 0. The lowest BCUT2D eigenvalue weighted by molar-refractivity contribution is 0.427. The Morgan fingerprint density at radius 1 is 1.19 bits per heavy atom. The van der Waals surface area contributed by atoms with Gasteiger partial charge in [0.1, 0.15) is 0 Å². The normalized spacial score (nSPS) is 24.7. The number of hydrogen-bond donors (Lipinski definition) is 1. The molecule has 116 valence electrons. The van der Waals surface area contributed by atoms with Crippen LogP contribution in [-0.4, -0.2) is 28.6 Å². The number of aromatic nitrogens is 2. The lowest BCUT2D eigenvalue weighted by Gasteiger charge is -2.29. The van der Waals surface area contributed by atoms with Crippen LogP contribution in [0.1, 0.15) is 57.4 Å². The molecule has 2 unspecified atom stereocenters. The first-order valence-corrected chi connectivity index (χ1v) is 8.61. The van der Waals surface area contributed by atoms with Crippen LogP contribution >= 0.6 is 0 Å². The molecule has 2 aliphatic rings. The molecule has 3 rings (SSSR count). The van der Waals surface area contributed by atoms with Crippen molar-refractivity contribution in [3.8, 4) is 0 Å². The Kier molecular flexibility index (Phi) is 4.73. The average Bonchev–Trinajstić information content (AvgIpc) is 3.18. The first kappa shape index (κ1) is 14.8. The second-order valence-electron chi connectivity index (χ2n) is 6.71. The van der Waals surface area contributed by atoms with E-state index in [4.69, 9.17) is 5.73 Å². The third kappa shape index (κ3) is 3.37. The van der Waals surface area contributed by atoms with Crippen molar-refractivity contribution in [1.82, 2.24) is 9.97 Å². The maximum atomic E-state index is 6.00. The fourth-order valence-corrected chi connectivity index (χ4v) is 3.92. The lowest BCUT2D eigenvalue weighted by Crippen LogP contribution is -2.35. The molecule has 1 saturated heterocycles. The second kappa shape index (κ2) is 6.73. The molecule has 1 aromatic heterocycles. The monoisotopic (exact) mass is 288 g/mol. The van der Waals surface area contributed by atoms with Crippen LogP contribution in [0.4, 0.5) is 5.95 Å². The maximum Gasteiger partial charge on any atom is 0.225 e. The molecule has 4 heteroatoms. The summed E-state index contributed by atoms with van der Waals surface area (Å²) < 4.78 is 0. The van der Waals surface area contributed by atoms with Gasteiger partial charge in [0.15, 0.2) is 0 Å². The smallest absolute Gasteiger partial charge is 0.225 e. The van der Waals surface area contributed by atoms with Crippen LogP contribution in [0.2, 0.25) is 0 Å². The van der Waals surface area contributed by atoms with Crippen molar-refractivity contribution in [2.45, 2.75) is 70.4 Å². The SMILES string of the molecule is CCC(N)Cc1cnc(N2CCCC2C2CCCC2)nc1. The summed E-state index contributed by atoms with van der Waals surface area (Å²) in [6, 6.07) is 0.897. The summed E-state index contributed by atoms with van der Waals surface area (Å²) in [4.78, 5) is 11.7. The van der Waals surface area contributed by atoms with Crippen LogP contribution in [-0.2, 0) is 6.42 Å². The van der Waals surface area contributed by atoms with E-state index in [9.17, 15) is 0 Å². The van der Waals surface area contributed by atoms with Gasteiger partial charge in [-0.25, -0.2) is 9.97 Å². The Labute approximate surface area is 128 Å². The highest BCUT2D eigenvalue weighted by molar-refractivity contribution is 5.34. The van der Waals surface area contributed by atoms with Gasteiger partial charge in [-0.3, -0.25) is 0 Å². The van der Waals surface area contributed by atoms with E-state index in [0.29, 0.717) is 6.04 Å². The molecule has 1 aliphatic carbocycles. The summed E-state index contributed by atoms with van der Waals surface area (Å²) in [5.41, 5.74) is 7.16. The van der Waals surface area contributed by atoms with Crippen molar-refractivity contribution in [3.05, 3.63) is 18.0 Å². The van der Waals surface area contributed by atoms with Crippen molar-refractivity contribution < 1.29 is 0 Å². The van der Waals surface area contributed by atoms with Crippen molar-refractivity contribution in [3.63, 3.8) is 0 Å². The van der Waals surface area contributed by atoms with Gasteiger partial charge < -0.3 is 10.6 Å². The topological polar surface area (TPSA) is 55.0 Å². The highest BCUT2D eigenvalue weighted by Crippen LogP contribution is 2.36. The van der Waals surface area contributed by atoms with Crippen molar-refractivity contribution >= 4 is 5.95 Å². The Hall–Kier alpha value is -1.16. The van der Waals surface area contributed by atoms with Gasteiger partial charge in [0, 0.05) is 31.0 Å². The summed E-state index contributed by atoms with van der Waals surface area (Å²) in [5, 5.41) is 0. The predicted molar refractivity (Wildman–Crippen MR) is 86.3 cm³/mol. The zero-order chi connectivity index (χ0) is 14.7. The quantitative estimate of drug-likeness (QED) is 0.905. The lowest BCUT2D eigenvalue weighted by atomic mass is 9.96. The molecule has 2 atom stereocenters. The Morgan fingerprint density at radius 3 is 2.57 bits per heavy atom. The van der Waals surface area contributed by atoms with Crippen molar-refractivity contribution in [1.29, 1.82) is 0 Å². The Morgan fingerprint density at radius 2 is 1.90 bits per heavy atom. The zero-order valence-electron chi connectivity index (χ0n) is 13.2.